The maximum Gasteiger partial charge on any atom is 0.241 e. The van der Waals surface area contributed by atoms with Gasteiger partial charge in [0, 0.05) is 45.4 Å². The molecule has 0 saturated carbocycles. The number of aromatic nitrogens is 2. The minimum Gasteiger partial charge on any atom is -0.383 e. The van der Waals surface area contributed by atoms with E-state index in [4.69, 9.17) is 9.26 Å². The lowest BCUT2D eigenvalue weighted by atomic mass is 10.1. The van der Waals surface area contributed by atoms with Crippen molar-refractivity contribution >= 4 is 5.91 Å². The highest BCUT2D eigenvalue weighted by Gasteiger charge is 2.21. The Labute approximate surface area is 159 Å². The standard InChI is InChI=1S/C19H27N5O3/c1-15-3-5-16(6-4-15)19-21-18(27-22-19)14-24-10-8-23(9-11-24)13-17(25)20-7-12-26-2/h3-6H,7-14H2,1-2H3,(H,20,25). The van der Waals surface area contributed by atoms with E-state index in [-0.39, 0.29) is 5.91 Å². The van der Waals surface area contributed by atoms with E-state index in [9.17, 15) is 4.79 Å². The van der Waals surface area contributed by atoms with Gasteiger partial charge >= 0.3 is 0 Å². The van der Waals surface area contributed by atoms with E-state index in [2.05, 4.69) is 25.3 Å². The molecule has 3 rings (SSSR count). The van der Waals surface area contributed by atoms with Gasteiger partial charge in [0.25, 0.3) is 0 Å². The summed E-state index contributed by atoms with van der Waals surface area (Å²) in [5.41, 5.74) is 2.16. The highest BCUT2D eigenvalue weighted by Crippen LogP contribution is 2.17. The van der Waals surface area contributed by atoms with E-state index < -0.39 is 0 Å². The number of nitrogens with one attached hydrogen (secondary N) is 1. The first-order chi connectivity index (χ1) is 13.1. The number of methoxy groups -OCH3 is 1. The van der Waals surface area contributed by atoms with Crippen LogP contribution in [-0.4, -0.2) is 78.8 Å². The second-order valence-electron chi connectivity index (χ2n) is 6.77. The molecular formula is C19H27N5O3. The second kappa shape index (κ2) is 9.59. The molecule has 8 nitrogen and oxygen atoms in total. The summed E-state index contributed by atoms with van der Waals surface area (Å²) in [5.74, 6) is 1.29. The van der Waals surface area contributed by atoms with E-state index in [1.807, 2.05) is 31.2 Å². The molecule has 27 heavy (non-hydrogen) atoms. The first-order valence-electron chi connectivity index (χ1n) is 9.24. The third-order valence-electron chi connectivity index (χ3n) is 4.60. The van der Waals surface area contributed by atoms with Gasteiger partial charge in [0.15, 0.2) is 0 Å². The Morgan fingerprint density at radius 1 is 1.19 bits per heavy atom. The van der Waals surface area contributed by atoms with Crippen LogP contribution in [0.4, 0.5) is 0 Å². The summed E-state index contributed by atoms with van der Waals surface area (Å²) in [7, 11) is 1.62. The van der Waals surface area contributed by atoms with Gasteiger partial charge in [0.05, 0.1) is 19.7 Å². The maximum absolute atomic E-state index is 11.9. The number of nitrogens with zero attached hydrogens (tertiary/aromatic N) is 4. The highest BCUT2D eigenvalue weighted by atomic mass is 16.5. The van der Waals surface area contributed by atoms with E-state index in [0.717, 1.165) is 31.7 Å². The van der Waals surface area contributed by atoms with Crippen molar-refractivity contribution < 1.29 is 14.1 Å². The molecule has 0 radical (unpaired) electrons. The molecule has 1 amide bonds. The average molecular weight is 373 g/mol. The second-order valence-corrected chi connectivity index (χ2v) is 6.77. The van der Waals surface area contributed by atoms with E-state index in [0.29, 0.717) is 38.0 Å². The molecule has 0 spiro atoms. The van der Waals surface area contributed by atoms with Gasteiger partial charge in [-0.1, -0.05) is 35.0 Å². The summed E-state index contributed by atoms with van der Waals surface area (Å²) in [6, 6.07) is 8.08. The van der Waals surface area contributed by atoms with Crippen LogP contribution in [0.3, 0.4) is 0 Å². The molecule has 1 aromatic carbocycles. The number of hydrogen-bond acceptors (Lipinski definition) is 7. The molecule has 8 heteroatoms. The Kier molecular flexibility index (Phi) is 6.92. The molecule has 2 aromatic rings. The van der Waals surface area contributed by atoms with Crippen LogP contribution in [-0.2, 0) is 16.1 Å². The Balaban J connectivity index is 1.43. The minimum atomic E-state index is 0.0418. The van der Waals surface area contributed by atoms with Crippen LogP contribution in [0.2, 0.25) is 0 Å². The fourth-order valence-corrected chi connectivity index (χ4v) is 2.99. The fraction of sp³-hybridized carbons (Fsp3) is 0.526. The van der Waals surface area contributed by atoms with Crippen molar-refractivity contribution in [1.29, 1.82) is 0 Å². The summed E-state index contributed by atoms with van der Waals surface area (Å²) >= 11 is 0. The molecule has 1 aliphatic rings. The predicted molar refractivity (Wildman–Crippen MR) is 101 cm³/mol. The zero-order chi connectivity index (χ0) is 19.1. The number of carbonyl (C=O) groups is 1. The number of piperazine rings is 1. The van der Waals surface area contributed by atoms with Crippen molar-refractivity contribution in [2.24, 2.45) is 0 Å². The van der Waals surface area contributed by atoms with Crippen LogP contribution < -0.4 is 5.32 Å². The summed E-state index contributed by atoms with van der Waals surface area (Å²) < 4.78 is 10.3. The Bertz CT molecular complexity index is 723. The van der Waals surface area contributed by atoms with Crippen molar-refractivity contribution in [1.82, 2.24) is 25.3 Å². The third-order valence-corrected chi connectivity index (χ3v) is 4.60. The molecule has 1 saturated heterocycles. The molecule has 1 N–H and O–H groups in total. The largest absolute Gasteiger partial charge is 0.383 e. The van der Waals surface area contributed by atoms with Crippen molar-refractivity contribution in [3.63, 3.8) is 0 Å². The van der Waals surface area contributed by atoms with Crippen LogP contribution in [0.1, 0.15) is 11.5 Å². The number of aryl methyl sites for hydroxylation is 1. The van der Waals surface area contributed by atoms with Gasteiger partial charge in [-0.2, -0.15) is 4.98 Å². The van der Waals surface area contributed by atoms with Gasteiger partial charge in [-0.05, 0) is 6.92 Å². The number of carbonyl (C=O) groups excluding carboxylic acids is 1. The summed E-state index contributed by atoms with van der Waals surface area (Å²) in [4.78, 5) is 20.8. The fourth-order valence-electron chi connectivity index (χ4n) is 2.99. The lowest BCUT2D eigenvalue weighted by molar-refractivity contribution is -0.122. The molecule has 0 bridgehead atoms. The van der Waals surface area contributed by atoms with Crippen LogP contribution in [0, 0.1) is 6.92 Å². The van der Waals surface area contributed by atoms with Gasteiger partial charge in [-0.15, -0.1) is 0 Å². The van der Waals surface area contributed by atoms with Gasteiger partial charge in [-0.25, -0.2) is 0 Å². The van der Waals surface area contributed by atoms with Crippen LogP contribution in [0.5, 0.6) is 0 Å². The zero-order valence-corrected chi connectivity index (χ0v) is 16.0. The number of rotatable bonds is 8. The highest BCUT2D eigenvalue weighted by molar-refractivity contribution is 5.78. The van der Waals surface area contributed by atoms with E-state index in [1.165, 1.54) is 5.56 Å². The lowest BCUT2D eigenvalue weighted by Crippen LogP contribution is -2.49. The molecular weight excluding hydrogens is 346 g/mol. The molecule has 146 valence electrons. The summed E-state index contributed by atoms with van der Waals surface area (Å²) in [6.07, 6.45) is 0. The summed E-state index contributed by atoms with van der Waals surface area (Å²) in [6.45, 7) is 7.62. The third kappa shape index (κ3) is 5.85. The van der Waals surface area contributed by atoms with E-state index >= 15 is 0 Å². The number of benzene rings is 1. The molecule has 2 heterocycles. The smallest absolute Gasteiger partial charge is 0.241 e. The van der Waals surface area contributed by atoms with Crippen molar-refractivity contribution in [3.8, 4) is 11.4 Å². The molecule has 1 fully saturated rings. The van der Waals surface area contributed by atoms with Crippen LogP contribution in [0.15, 0.2) is 28.8 Å². The number of ether oxygens (including phenoxy) is 1. The lowest BCUT2D eigenvalue weighted by Gasteiger charge is -2.33. The van der Waals surface area contributed by atoms with Crippen molar-refractivity contribution in [2.45, 2.75) is 13.5 Å². The number of amides is 1. The molecule has 1 aliphatic heterocycles. The van der Waals surface area contributed by atoms with Gasteiger partial charge in [-0.3, -0.25) is 14.6 Å². The Morgan fingerprint density at radius 2 is 1.89 bits per heavy atom. The zero-order valence-electron chi connectivity index (χ0n) is 16.0. The van der Waals surface area contributed by atoms with Gasteiger partial charge < -0.3 is 14.6 Å². The minimum absolute atomic E-state index is 0.0418. The Hall–Kier alpha value is -2.29. The van der Waals surface area contributed by atoms with Crippen molar-refractivity contribution in [3.05, 3.63) is 35.7 Å². The quantitative estimate of drug-likeness (QED) is 0.689. The molecule has 0 aliphatic carbocycles. The molecule has 1 aromatic heterocycles. The number of hydrogen-bond donors (Lipinski definition) is 1. The summed E-state index contributed by atoms with van der Waals surface area (Å²) in [5, 5.41) is 6.94. The monoisotopic (exact) mass is 373 g/mol. The van der Waals surface area contributed by atoms with Crippen LogP contribution in [0.25, 0.3) is 11.4 Å². The topological polar surface area (TPSA) is 83.7 Å². The normalized spacial score (nSPS) is 15.8. The molecule has 0 atom stereocenters. The van der Waals surface area contributed by atoms with Gasteiger partial charge in [0.2, 0.25) is 17.6 Å². The maximum atomic E-state index is 11.9. The van der Waals surface area contributed by atoms with E-state index in [1.54, 1.807) is 7.11 Å². The molecule has 0 unspecified atom stereocenters. The van der Waals surface area contributed by atoms with Crippen LogP contribution >= 0.6 is 0 Å². The SMILES string of the molecule is COCCNC(=O)CN1CCN(Cc2nc(-c3ccc(C)cc3)no2)CC1. The predicted octanol–water partition coefficient (Wildman–Crippen LogP) is 0.925. The van der Waals surface area contributed by atoms with Crippen molar-refractivity contribution in [2.75, 3.05) is 53.0 Å². The Morgan fingerprint density at radius 3 is 2.59 bits per heavy atom. The first-order valence-corrected chi connectivity index (χ1v) is 9.24. The first kappa shape index (κ1) is 19.5. The average Bonchev–Trinajstić information content (AvgIpc) is 3.13. The van der Waals surface area contributed by atoms with Gasteiger partial charge in [0.1, 0.15) is 0 Å².